The van der Waals surface area contributed by atoms with Crippen molar-refractivity contribution in [3.8, 4) is 0 Å². The Kier molecular flexibility index (Phi) is 5.26. The smallest absolute Gasteiger partial charge is 0.0113 e. The molecule has 0 spiro atoms. The van der Waals surface area contributed by atoms with Crippen molar-refractivity contribution in [3.05, 3.63) is 0 Å². The first-order valence-electron chi connectivity index (χ1n) is 7.45. The third kappa shape index (κ3) is 3.94. The van der Waals surface area contributed by atoms with Gasteiger partial charge in [-0.25, -0.2) is 0 Å². The topological polar surface area (TPSA) is 18.5 Å². The summed E-state index contributed by atoms with van der Waals surface area (Å²) in [6.07, 6.45) is 6.87. The van der Waals surface area contributed by atoms with Crippen molar-refractivity contribution < 1.29 is 0 Å². The fourth-order valence-electron chi connectivity index (χ4n) is 3.22. The van der Waals surface area contributed by atoms with Gasteiger partial charge in [0.1, 0.15) is 0 Å². The number of nitrogens with one attached hydrogen (secondary N) is 1. The van der Waals surface area contributed by atoms with Gasteiger partial charge in [0.2, 0.25) is 0 Å². The van der Waals surface area contributed by atoms with E-state index in [2.05, 4.69) is 29.1 Å². The van der Waals surface area contributed by atoms with Crippen LogP contribution < -0.4 is 5.32 Å². The fraction of sp³-hybridized carbons (Fsp3) is 1.00. The maximum Gasteiger partial charge on any atom is 0.0113 e. The molecule has 100 valence electrons. The summed E-state index contributed by atoms with van der Waals surface area (Å²) in [4.78, 5) is 5.19. The maximum atomic E-state index is 3.71. The van der Waals surface area contributed by atoms with Crippen LogP contribution >= 0.6 is 0 Å². The molecule has 2 rings (SSSR count). The second kappa shape index (κ2) is 6.72. The van der Waals surface area contributed by atoms with Crippen LogP contribution in [0.2, 0.25) is 0 Å². The van der Waals surface area contributed by atoms with Crippen molar-refractivity contribution in [1.29, 1.82) is 0 Å². The van der Waals surface area contributed by atoms with Crippen LogP contribution in [-0.4, -0.2) is 61.7 Å². The summed E-state index contributed by atoms with van der Waals surface area (Å²) in [5.41, 5.74) is 0. The highest BCUT2D eigenvalue weighted by Crippen LogP contribution is 2.24. The number of piperazine rings is 1. The lowest BCUT2D eigenvalue weighted by atomic mass is 9.89. The van der Waals surface area contributed by atoms with Gasteiger partial charge in [-0.15, -0.1) is 0 Å². The molecule has 1 saturated carbocycles. The molecular weight excluding hydrogens is 210 g/mol. The first-order valence-corrected chi connectivity index (χ1v) is 7.45. The molecule has 1 N–H and O–H groups in total. The molecule has 0 bridgehead atoms. The van der Waals surface area contributed by atoms with Gasteiger partial charge in [0, 0.05) is 38.3 Å². The summed E-state index contributed by atoms with van der Waals surface area (Å²) in [7, 11) is 2.24. The van der Waals surface area contributed by atoms with Gasteiger partial charge in [0.15, 0.2) is 0 Å². The summed E-state index contributed by atoms with van der Waals surface area (Å²) in [5, 5.41) is 3.71. The first kappa shape index (κ1) is 13.3. The number of nitrogens with zero attached hydrogens (tertiary/aromatic N) is 2. The van der Waals surface area contributed by atoms with Crippen LogP contribution in [0.15, 0.2) is 0 Å². The standard InChI is InChI=1S/C14H29N3/c1-3-7-15-13-5-4-6-14(12-13)17-10-8-16(2)9-11-17/h13-15H,3-12H2,1-2H3. The van der Waals surface area contributed by atoms with Crippen molar-refractivity contribution in [2.75, 3.05) is 39.8 Å². The van der Waals surface area contributed by atoms with E-state index in [0.29, 0.717) is 0 Å². The van der Waals surface area contributed by atoms with Crippen LogP contribution in [0.4, 0.5) is 0 Å². The zero-order chi connectivity index (χ0) is 12.1. The van der Waals surface area contributed by atoms with E-state index in [1.165, 1.54) is 64.8 Å². The summed E-state index contributed by atoms with van der Waals surface area (Å²) in [6, 6.07) is 1.64. The molecular formula is C14H29N3. The van der Waals surface area contributed by atoms with Crippen LogP contribution in [0.1, 0.15) is 39.0 Å². The van der Waals surface area contributed by atoms with Crippen molar-refractivity contribution >= 4 is 0 Å². The SMILES string of the molecule is CCCNC1CCCC(N2CCN(C)CC2)C1. The summed E-state index contributed by atoms with van der Waals surface area (Å²) in [5.74, 6) is 0. The number of rotatable bonds is 4. The van der Waals surface area contributed by atoms with Crippen LogP contribution in [0.3, 0.4) is 0 Å². The average Bonchev–Trinajstić information content (AvgIpc) is 2.37. The number of likely N-dealkylation sites (N-methyl/N-ethyl adjacent to an activating group) is 1. The first-order chi connectivity index (χ1) is 8.29. The summed E-state index contributed by atoms with van der Waals surface area (Å²) in [6.45, 7) is 8.52. The monoisotopic (exact) mass is 239 g/mol. The van der Waals surface area contributed by atoms with Crippen LogP contribution in [-0.2, 0) is 0 Å². The molecule has 0 radical (unpaired) electrons. The molecule has 0 aromatic rings. The van der Waals surface area contributed by atoms with Gasteiger partial charge in [0.05, 0.1) is 0 Å². The third-order valence-corrected chi connectivity index (χ3v) is 4.38. The van der Waals surface area contributed by atoms with Crippen molar-refractivity contribution in [3.63, 3.8) is 0 Å². The van der Waals surface area contributed by atoms with Gasteiger partial charge in [-0.3, -0.25) is 4.90 Å². The molecule has 0 aromatic heterocycles. The lowest BCUT2D eigenvalue weighted by Crippen LogP contribution is -2.52. The second-order valence-electron chi connectivity index (χ2n) is 5.81. The average molecular weight is 239 g/mol. The molecule has 1 aliphatic heterocycles. The molecule has 2 atom stereocenters. The molecule has 2 unspecified atom stereocenters. The normalized spacial score (nSPS) is 32.8. The molecule has 1 heterocycles. The number of hydrogen-bond donors (Lipinski definition) is 1. The van der Waals surface area contributed by atoms with Crippen molar-refractivity contribution in [2.24, 2.45) is 0 Å². The van der Waals surface area contributed by atoms with Gasteiger partial charge < -0.3 is 10.2 Å². The Labute approximate surface area is 107 Å². The zero-order valence-electron chi connectivity index (χ0n) is 11.6. The summed E-state index contributed by atoms with van der Waals surface area (Å²) >= 11 is 0. The lowest BCUT2D eigenvalue weighted by Gasteiger charge is -2.41. The van der Waals surface area contributed by atoms with Crippen LogP contribution in [0.5, 0.6) is 0 Å². The molecule has 2 aliphatic rings. The molecule has 0 aromatic carbocycles. The largest absolute Gasteiger partial charge is 0.314 e. The lowest BCUT2D eigenvalue weighted by molar-refractivity contribution is 0.0829. The predicted octanol–water partition coefficient (Wildman–Crippen LogP) is 1.54. The highest BCUT2D eigenvalue weighted by Gasteiger charge is 2.27. The van der Waals surface area contributed by atoms with Gasteiger partial charge in [-0.05, 0) is 39.3 Å². The van der Waals surface area contributed by atoms with Gasteiger partial charge >= 0.3 is 0 Å². The predicted molar refractivity (Wildman–Crippen MR) is 73.4 cm³/mol. The molecule has 1 aliphatic carbocycles. The van der Waals surface area contributed by atoms with Gasteiger partial charge in [-0.1, -0.05) is 13.3 Å². The van der Waals surface area contributed by atoms with Gasteiger partial charge in [-0.2, -0.15) is 0 Å². The quantitative estimate of drug-likeness (QED) is 0.803. The molecule has 2 fully saturated rings. The van der Waals surface area contributed by atoms with E-state index in [4.69, 9.17) is 0 Å². The Bertz CT molecular complexity index is 212. The minimum atomic E-state index is 0.786. The minimum Gasteiger partial charge on any atom is -0.314 e. The maximum absolute atomic E-state index is 3.71. The highest BCUT2D eigenvalue weighted by molar-refractivity contribution is 4.85. The Morgan fingerprint density at radius 1 is 1.12 bits per heavy atom. The fourth-order valence-corrected chi connectivity index (χ4v) is 3.22. The van der Waals surface area contributed by atoms with E-state index in [1.54, 1.807) is 0 Å². The Hall–Kier alpha value is -0.120. The van der Waals surface area contributed by atoms with E-state index in [0.717, 1.165) is 12.1 Å². The second-order valence-corrected chi connectivity index (χ2v) is 5.81. The summed E-state index contributed by atoms with van der Waals surface area (Å²) < 4.78 is 0. The van der Waals surface area contributed by atoms with E-state index in [-0.39, 0.29) is 0 Å². The Balaban J connectivity index is 1.76. The van der Waals surface area contributed by atoms with Gasteiger partial charge in [0.25, 0.3) is 0 Å². The number of hydrogen-bond acceptors (Lipinski definition) is 3. The minimum absolute atomic E-state index is 0.786. The molecule has 0 amide bonds. The molecule has 1 saturated heterocycles. The van der Waals surface area contributed by atoms with E-state index in [9.17, 15) is 0 Å². The van der Waals surface area contributed by atoms with E-state index < -0.39 is 0 Å². The third-order valence-electron chi connectivity index (χ3n) is 4.38. The molecule has 3 heteroatoms. The van der Waals surface area contributed by atoms with E-state index >= 15 is 0 Å². The van der Waals surface area contributed by atoms with E-state index in [1.807, 2.05) is 0 Å². The van der Waals surface area contributed by atoms with Crippen LogP contribution in [0.25, 0.3) is 0 Å². The molecule has 3 nitrogen and oxygen atoms in total. The van der Waals surface area contributed by atoms with Crippen LogP contribution in [0, 0.1) is 0 Å². The zero-order valence-corrected chi connectivity index (χ0v) is 11.6. The Morgan fingerprint density at radius 3 is 2.59 bits per heavy atom. The Morgan fingerprint density at radius 2 is 1.88 bits per heavy atom. The molecule has 17 heavy (non-hydrogen) atoms. The van der Waals surface area contributed by atoms with Crippen molar-refractivity contribution in [1.82, 2.24) is 15.1 Å². The highest BCUT2D eigenvalue weighted by atomic mass is 15.3. The van der Waals surface area contributed by atoms with Crippen molar-refractivity contribution in [2.45, 2.75) is 51.1 Å².